The molecule has 0 saturated carbocycles. The second kappa shape index (κ2) is 9.45. The highest BCUT2D eigenvalue weighted by atomic mass is 35.5. The number of hydrogen-bond donors (Lipinski definition) is 0. The van der Waals surface area contributed by atoms with Crippen molar-refractivity contribution in [3.8, 4) is 0 Å². The van der Waals surface area contributed by atoms with Gasteiger partial charge in [0.2, 0.25) is 0 Å². The summed E-state index contributed by atoms with van der Waals surface area (Å²) in [6.45, 7) is 1.04. The van der Waals surface area contributed by atoms with Crippen molar-refractivity contribution >= 4 is 41.1 Å². The van der Waals surface area contributed by atoms with E-state index in [0.717, 1.165) is 17.6 Å². The van der Waals surface area contributed by atoms with Crippen molar-refractivity contribution in [2.75, 3.05) is 36.6 Å². The maximum absolute atomic E-state index is 14.6. The molecule has 1 aliphatic rings. The Hall–Kier alpha value is -2.32. The van der Waals surface area contributed by atoms with Crippen LogP contribution in [0, 0.1) is 11.6 Å². The van der Waals surface area contributed by atoms with Crippen molar-refractivity contribution in [3.63, 3.8) is 0 Å². The van der Waals surface area contributed by atoms with E-state index >= 15 is 0 Å². The minimum atomic E-state index is -0.653. The number of anilines is 1. The Labute approximate surface area is 176 Å². The first-order valence-corrected chi connectivity index (χ1v) is 10.4. The van der Waals surface area contributed by atoms with Crippen LogP contribution in [0.4, 0.5) is 19.3 Å². The van der Waals surface area contributed by atoms with E-state index in [1.165, 1.54) is 42.3 Å². The lowest BCUT2D eigenvalue weighted by molar-refractivity contribution is 0.0600. The number of nitrogens with zero attached hydrogens (tertiary/aromatic N) is 2. The van der Waals surface area contributed by atoms with E-state index in [9.17, 15) is 18.4 Å². The molecule has 9 heteroatoms. The van der Waals surface area contributed by atoms with Crippen LogP contribution in [0.15, 0.2) is 36.4 Å². The van der Waals surface area contributed by atoms with E-state index in [2.05, 4.69) is 4.74 Å². The van der Waals surface area contributed by atoms with Crippen LogP contribution >= 0.6 is 23.4 Å². The van der Waals surface area contributed by atoms with Gasteiger partial charge in [0, 0.05) is 35.8 Å². The van der Waals surface area contributed by atoms with Crippen LogP contribution in [-0.2, 0) is 11.3 Å². The van der Waals surface area contributed by atoms with Gasteiger partial charge >= 0.3 is 12.0 Å². The minimum Gasteiger partial charge on any atom is -0.465 e. The average Bonchev–Trinajstić information content (AvgIpc) is 2.74. The fraction of sp³-hybridized carbons (Fsp3) is 0.300. The number of ether oxygens (including phenoxy) is 1. The highest BCUT2D eigenvalue weighted by Crippen LogP contribution is 2.27. The summed E-state index contributed by atoms with van der Waals surface area (Å²) in [6, 6.07) is 7.55. The molecule has 1 saturated heterocycles. The standard InChI is InChI=1S/C20H19ClF2N2O3S/c1-28-19(26)13-2-3-14(18(23)10-13)12-25(15-4-5-17(22)16(21)11-15)20(27)24-6-8-29-9-7-24/h2-5,10-11H,6-9,12H2,1H3. The van der Waals surface area contributed by atoms with E-state index in [-0.39, 0.29) is 28.7 Å². The highest BCUT2D eigenvalue weighted by molar-refractivity contribution is 7.99. The van der Waals surface area contributed by atoms with Crippen molar-refractivity contribution in [1.82, 2.24) is 4.90 Å². The van der Waals surface area contributed by atoms with Crippen LogP contribution in [0.5, 0.6) is 0 Å². The first-order valence-electron chi connectivity index (χ1n) is 8.86. The Bertz CT molecular complexity index is 923. The summed E-state index contributed by atoms with van der Waals surface area (Å²) in [4.78, 5) is 27.8. The molecule has 2 aromatic carbocycles. The monoisotopic (exact) mass is 440 g/mol. The maximum atomic E-state index is 14.6. The minimum absolute atomic E-state index is 0.0736. The molecule has 1 heterocycles. The maximum Gasteiger partial charge on any atom is 0.337 e. The van der Waals surface area contributed by atoms with Crippen molar-refractivity contribution in [1.29, 1.82) is 0 Å². The van der Waals surface area contributed by atoms with E-state index in [1.54, 1.807) is 16.7 Å². The van der Waals surface area contributed by atoms with E-state index in [4.69, 9.17) is 11.6 Å². The van der Waals surface area contributed by atoms with Crippen LogP contribution in [0.2, 0.25) is 5.02 Å². The highest BCUT2D eigenvalue weighted by Gasteiger charge is 2.26. The summed E-state index contributed by atoms with van der Waals surface area (Å²) >= 11 is 7.65. The summed E-state index contributed by atoms with van der Waals surface area (Å²) in [5, 5.41) is -0.129. The zero-order valence-corrected chi connectivity index (χ0v) is 17.2. The SMILES string of the molecule is COC(=O)c1ccc(CN(C(=O)N2CCSCC2)c2ccc(F)c(Cl)c2)c(F)c1. The van der Waals surface area contributed by atoms with Gasteiger partial charge in [0.25, 0.3) is 0 Å². The lowest BCUT2D eigenvalue weighted by Crippen LogP contribution is -2.46. The Balaban J connectivity index is 1.93. The van der Waals surface area contributed by atoms with Crippen molar-refractivity contribution in [2.45, 2.75) is 6.54 Å². The van der Waals surface area contributed by atoms with Gasteiger partial charge in [0.05, 0.1) is 24.2 Å². The van der Waals surface area contributed by atoms with Gasteiger partial charge in [-0.3, -0.25) is 4.90 Å². The smallest absolute Gasteiger partial charge is 0.337 e. The fourth-order valence-electron chi connectivity index (χ4n) is 2.94. The quantitative estimate of drug-likeness (QED) is 0.653. The molecule has 5 nitrogen and oxygen atoms in total. The predicted molar refractivity (Wildman–Crippen MR) is 110 cm³/mol. The lowest BCUT2D eigenvalue weighted by atomic mass is 10.1. The van der Waals surface area contributed by atoms with Gasteiger partial charge < -0.3 is 9.64 Å². The van der Waals surface area contributed by atoms with Crippen LogP contribution in [0.25, 0.3) is 0 Å². The number of hydrogen-bond acceptors (Lipinski definition) is 4. The third-order valence-electron chi connectivity index (χ3n) is 4.53. The molecule has 0 bridgehead atoms. The number of benzene rings is 2. The Kier molecular flexibility index (Phi) is 6.97. The van der Waals surface area contributed by atoms with Gasteiger partial charge in [0.15, 0.2) is 0 Å². The number of esters is 1. The Morgan fingerprint density at radius 3 is 2.48 bits per heavy atom. The largest absolute Gasteiger partial charge is 0.465 e. The van der Waals surface area contributed by atoms with E-state index < -0.39 is 17.6 Å². The normalized spacial score (nSPS) is 13.9. The molecule has 0 N–H and O–H groups in total. The second-order valence-corrected chi connectivity index (χ2v) is 8.00. The van der Waals surface area contributed by atoms with Crippen LogP contribution in [-0.4, -0.2) is 48.6 Å². The number of thioether (sulfide) groups is 1. The first kappa shape index (κ1) is 21.4. The molecule has 154 valence electrons. The topological polar surface area (TPSA) is 49.9 Å². The molecule has 0 unspecified atom stereocenters. The molecule has 29 heavy (non-hydrogen) atoms. The average molecular weight is 441 g/mol. The molecular weight excluding hydrogens is 422 g/mol. The van der Waals surface area contributed by atoms with Crippen LogP contribution in [0.1, 0.15) is 15.9 Å². The van der Waals surface area contributed by atoms with Crippen LogP contribution < -0.4 is 4.90 Å². The lowest BCUT2D eigenvalue weighted by Gasteiger charge is -2.33. The number of rotatable bonds is 4. The molecule has 2 amide bonds. The van der Waals surface area contributed by atoms with Gasteiger partial charge in [-0.25, -0.2) is 18.4 Å². The molecule has 0 atom stereocenters. The molecule has 1 aliphatic heterocycles. The number of carbonyl (C=O) groups excluding carboxylic acids is 2. The first-order chi connectivity index (χ1) is 13.9. The molecular formula is C20H19ClF2N2O3S. The third-order valence-corrected chi connectivity index (χ3v) is 5.76. The van der Waals surface area contributed by atoms with Crippen molar-refractivity contribution in [2.24, 2.45) is 0 Å². The molecule has 0 aliphatic carbocycles. The summed E-state index contributed by atoms with van der Waals surface area (Å²) in [7, 11) is 1.21. The van der Waals surface area contributed by atoms with E-state index in [1.807, 2.05) is 0 Å². The van der Waals surface area contributed by atoms with Crippen molar-refractivity contribution < 1.29 is 23.1 Å². The number of halogens is 3. The summed E-state index contributed by atoms with van der Waals surface area (Å²) in [5.41, 5.74) is 0.637. The van der Waals surface area contributed by atoms with Crippen LogP contribution in [0.3, 0.4) is 0 Å². The number of methoxy groups -OCH3 is 1. The number of urea groups is 1. The fourth-order valence-corrected chi connectivity index (χ4v) is 4.02. The van der Waals surface area contributed by atoms with Gasteiger partial charge in [0.1, 0.15) is 11.6 Å². The third kappa shape index (κ3) is 5.00. The predicted octanol–water partition coefficient (Wildman–Crippen LogP) is 4.58. The van der Waals surface area contributed by atoms with Crippen molar-refractivity contribution in [3.05, 3.63) is 64.2 Å². The molecule has 2 aromatic rings. The molecule has 3 rings (SSSR count). The number of amides is 2. The Morgan fingerprint density at radius 2 is 1.86 bits per heavy atom. The summed E-state index contributed by atoms with van der Waals surface area (Å²) in [6.07, 6.45) is 0. The van der Waals surface area contributed by atoms with Gasteiger partial charge in [-0.2, -0.15) is 11.8 Å². The zero-order chi connectivity index (χ0) is 21.0. The van der Waals surface area contributed by atoms with Gasteiger partial charge in [-0.15, -0.1) is 0 Å². The molecule has 0 spiro atoms. The summed E-state index contributed by atoms with van der Waals surface area (Å²) in [5.74, 6) is -0.281. The number of carbonyl (C=O) groups is 2. The Morgan fingerprint density at radius 1 is 1.14 bits per heavy atom. The molecule has 0 radical (unpaired) electrons. The molecule has 1 fully saturated rings. The zero-order valence-electron chi connectivity index (χ0n) is 15.7. The summed E-state index contributed by atoms with van der Waals surface area (Å²) < 4.78 is 32.8. The van der Waals surface area contributed by atoms with E-state index in [0.29, 0.717) is 18.8 Å². The van der Waals surface area contributed by atoms with Gasteiger partial charge in [-0.1, -0.05) is 17.7 Å². The van der Waals surface area contributed by atoms with Gasteiger partial charge in [-0.05, 0) is 30.3 Å². The molecule has 0 aromatic heterocycles. The second-order valence-electron chi connectivity index (χ2n) is 6.36.